The van der Waals surface area contributed by atoms with Gasteiger partial charge in [-0.05, 0) is 36.8 Å². The van der Waals surface area contributed by atoms with Crippen LogP contribution in [0.25, 0.3) is 17.0 Å². The van der Waals surface area contributed by atoms with Crippen LogP contribution in [0.1, 0.15) is 21.7 Å². The maximum absolute atomic E-state index is 12.7. The zero-order valence-electron chi connectivity index (χ0n) is 13.4. The molecule has 0 bridgehead atoms. The second-order valence-electron chi connectivity index (χ2n) is 5.33. The fourth-order valence-corrected chi connectivity index (χ4v) is 2.56. The Morgan fingerprint density at radius 2 is 2.00 bits per heavy atom. The molecule has 0 aliphatic carbocycles. The minimum absolute atomic E-state index is 0.0189. The molecule has 0 N–H and O–H groups in total. The summed E-state index contributed by atoms with van der Waals surface area (Å²) in [5.41, 5.74) is 2.11. The van der Waals surface area contributed by atoms with E-state index in [0.717, 1.165) is 10.9 Å². The van der Waals surface area contributed by atoms with Gasteiger partial charge in [0.25, 0.3) is 0 Å². The maximum atomic E-state index is 12.7. The molecule has 0 aliphatic rings. The van der Waals surface area contributed by atoms with Gasteiger partial charge >= 0.3 is 0 Å². The van der Waals surface area contributed by atoms with E-state index in [1.54, 1.807) is 37.4 Å². The number of aryl methyl sites for hydroxylation is 1. The maximum Gasteiger partial charge on any atom is 0.239 e. The molecule has 1 aromatic heterocycles. The minimum Gasteiger partial charge on any atom is -0.497 e. The summed E-state index contributed by atoms with van der Waals surface area (Å²) in [4.78, 5) is 12.7. The standard InChI is InChI=1S/C20H15NO3/c1-13-17-8-3-4-9-18(17)24-20(13)19(22)15(12-21)10-14-6-5-7-16(11-14)23-2/h3-11H,1-2H3/b15-10+. The van der Waals surface area contributed by atoms with Crippen LogP contribution >= 0.6 is 0 Å². The molecule has 118 valence electrons. The van der Waals surface area contributed by atoms with Gasteiger partial charge in [0.15, 0.2) is 5.76 Å². The first kappa shape index (κ1) is 15.6. The third-order valence-corrected chi connectivity index (χ3v) is 3.82. The van der Waals surface area contributed by atoms with Crippen molar-refractivity contribution in [1.82, 2.24) is 0 Å². The largest absolute Gasteiger partial charge is 0.497 e. The van der Waals surface area contributed by atoms with Crippen molar-refractivity contribution in [1.29, 1.82) is 5.26 Å². The number of para-hydroxylation sites is 1. The highest BCUT2D eigenvalue weighted by atomic mass is 16.5. The van der Waals surface area contributed by atoms with Gasteiger partial charge in [-0.2, -0.15) is 5.26 Å². The fourth-order valence-electron chi connectivity index (χ4n) is 2.56. The molecule has 0 unspecified atom stereocenters. The Balaban J connectivity index is 2.03. The predicted octanol–water partition coefficient (Wildman–Crippen LogP) is 4.54. The molecule has 0 spiro atoms. The molecule has 1 heterocycles. The Bertz CT molecular complexity index is 990. The number of methoxy groups -OCH3 is 1. The number of hydrogen-bond acceptors (Lipinski definition) is 4. The smallest absolute Gasteiger partial charge is 0.239 e. The average Bonchev–Trinajstić information content (AvgIpc) is 2.96. The first-order valence-electron chi connectivity index (χ1n) is 7.42. The molecule has 24 heavy (non-hydrogen) atoms. The normalized spacial score (nSPS) is 11.3. The number of rotatable bonds is 4. The van der Waals surface area contributed by atoms with Gasteiger partial charge in [0, 0.05) is 10.9 Å². The van der Waals surface area contributed by atoms with E-state index in [0.29, 0.717) is 16.9 Å². The lowest BCUT2D eigenvalue weighted by Gasteiger charge is -2.01. The van der Waals surface area contributed by atoms with Crippen molar-refractivity contribution in [3.05, 3.63) is 71.0 Å². The number of ether oxygens (including phenoxy) is 1. The number of nitriles is 1. The van der Waals surface area contributed by atoms with Gasteiger partial charge in [-0.3, -0.25) is 4.79 Å². The van der Waals surface area contributed by atoms with Gasteiger partial charge in [-0.25, -0.2) is 0 Å². The fraction of sp³-hybridized carbons (Fsp3) is 0.100. The molecule has 0 saturated carbocycles. The van der Waals surface area contributed by atoms with Gasteiger partial charge < -0.3 is 9.15 Å². The third kappa shape index (κ3) is 2.80. The van der Waals surface area contributed by atoms with Gasteiger partial charge in [-0.1, -0.05) is 30.3 Å². The first-order chi connectivity index (χ1) is 11.6. The Morgan fingerprint density at radius 3 is 2.71 bits per heavy atom. The molecule has 0 saturated heterocycles. The third-order valence-electron chi connectivity index (χ3n) is 3.82. The summed E-state index contributed by atoms with van der Waals surface area (Å²) < 4.78 is 10.8. The first-order valence-corrected chi connectivity index (χ1v) is 7.42. The van der Waals surface area contributed by atoms with E-state index in [4.69, 9.17) is 9.15 Å². The summed E-state index contributed by atoms with van der Waals surface area (Å²) in [5, 5.41) is 10.3. The molecule has 3 aromatic rings. The van der Waals surface area contributed by atoms with Crippen LogP contribution in [0.4, 0.5) is 0 Å². The van der Waals surface area contributed by atoms with Crippen molar-refractivity contribution in [3.63, 3.8) is 0 Å². The Morgan fingerprint density at radius 1 is 1.21 bits per heavy atom. The van der Waals surface area contributed by atoms with Crippen molar-refractivity contribution in [2.45, 2.75) is 6.92 Å². The van der Waals surface area contributed by atoms with E-state index in [-0.39, 0.29) is 11.3 Å². The van der Waals surface area contributed by atoms with E-state index < -0.39 is 5.78 Å². The molecule has 4 heteroatoms. The van der Waals surface area contributed by atoms with E-state index in [2.05, 4.69) is 0 Å². The summed E-state index contributed by atoms with van der Waals surface area (Å²) in [5.74, 6) is 0.439. The summed E-state index contributed by atoms with van der Waals surface area (Å²) in [6, 6.07) is 16.6. The second kappa shape index (κ2) is 6.43. The van der Waals surface area contributed by atoms with Crippen LogP contribution in [0.5, 0.6) is 5.75 Å². The monoisotopic (exact) mass is 317 g/mol. The SMILES string of the molecule is COc1cccc(/C=C(\C#N)C(=O)c2oc3ccccc3c2C)c1. The summed E-state index contributed by atoms with van der Waals surface area (Å²) >= 11 is 0. The van der Waals surface area contributed by atoms with Crippen molar-refractivity contribution in [3.8, 4) is 11.8 Å². The minimum atomic E-state index is -0.422. The quantitative estimate of drug-likeness (QED) is 0.402. The Kier molecular flexibility index (Phi) is 4.17. The van der Waals surface area contributed by atoms with Gasteiger partial charge in [-0.15, -0.1) is 0 Å². The number of carbonyl (C=O) groups is 1. The van der Waals surface area contributed by atoms with E-state index >= 15 is 0 Å². The molecule has 0 atom stereocenters. The average molecular weight is 317 g/mol. The van der Waals surface area contributed by atoms with Crippen LogP contribution in [0.2, 0.25) is 0 Å². The Labute approximate surface area is 139 Å². The predicted molar refractivity (Wildman–Crippen MR) is 91.9 cm³/mol. The number of ketones is 1. The molecule has 0 fully saturated rings. The van der Waals surface area contributed by atoms with Crippen LogP contribution in [0, 0.1) is 18.3 Å². The van der Waals surface area contributed by atoms with Crippen LogP contribution in [-0.2, 0) is 0 Å². The highest BCUT2D eigenvalue weighted by Crippen LogP contribution is 2.27. The summed E-state index contributed by atoms with van der Waals surface area (Å²) in [6.45, 7) is 1.82. The lowest BCUT2D eigenvalue weighted by atomic mass is 10.0. The number of Topliss-reactive ketones (excluding diaryl/α,β-unsaturated/α-hetero) is 1. The van der Waals surface area contributed by atoms with Crippen molar-refractivity contribution in [2.24, 2.45) is 0 Å². The van der Waals surface area contributed by atoms with Crippen LogP contribution in [-0.4, -0.2) is 12.9 Å². The highest BCUT2D eigenvalue weighted by molar-refractivity contribution is 6.15. The molecule has 4 nitrogen and oxygen atoms in total. The van der Waals surface area contributed by atoms with Crippen molar-refractivity contribution < 1.29 is 13.9 Å². The van der Waals surface area contributed by atoms with Gasteiger partial charge in [0.2, 0.25) is 5.78 Å². The number of nitrogens with zero attached hydrogens (tertiary/aromatic N) is 1. The number of hydrogen-bond donors (Lipinski definition) is 0. The van der Waals surface area contributed by atoms with E-state index in [9.17, 15) is 10.1 Å². The number of furan rings is 1. The van der Waals surface area contributed by atoms with Crippen LogP contribution < -0.4 is 4.74 Å². The van der Waals surface area contributed by atoms with Crippen molar-refractivity contribution in [2.75, 3.05) is 7.11 Å². The number of fused-ring (bicyclic) bond motifs is 1. The lowest BCUT2D eigenvalue weighted by Crippen LogP contribution is -2.02. The molecule has 0 radical (unpaired) electrons. The zero-order valence-corrected chi connectivity index (χ0v) is 13.4. The zero-order chi connectivity index (χ0) is 17.1. The second-order valence-corrected chi connectivity index (χ2v) is 5.33. The lowest BCUT2D eigenvalue weighted by molar-refractivity contribution is 0.101. The number of allylic oxidation sites excluding steroid dienone is 1. The van der Waals surface area contributed by atoms with Crippen LogP contribution in [0.3, 0.4) is 0 Å². The van der Waals surface area contributed by atoms with E-state index in [1.807, 2.05) is 31.2 Å². The molecule has 0 amide bonds. The summed E-state index contributed by atoms with van der Waals surface area (Å²) in [7, 11) is 1.57. The molecule has 3 rings (SSSR count). The van der Waals surface area contributed by atoms with Gasteiger partial charge in [0.1, 0.15) is 23.0 Å². The number of benzene rings is 2. The molecule has 2 aromatic carbocycles. The van der Waals surface area contributed by atoms with Crippen molar-refractivity contribution >= 4 is 22.8 Å². The molecular formula is C20H15NO3. The Hall–Kier alpha value is -3.32. The highest BCUT2D eigenvalue weighted by Gasteiger charge is 2.21. The summed E-state index contributed by atoms with van der Waals surface area (Å²) in [6.07, 6.45) is 1.54. The van der Waals surface area contributed by atoms with Crippen LogP contribution in [0.15, 0.2) is 58.5 Å². The van der Waals surface area contributed by atoms with Gasteiger partial charge in [0.05, 0.1) is 7.11 Å². The molecular weight excluding hydrogens is 302 g/mol. The number of carbonyl (C=O) groups excluding carboxylic acids is 1. The van der Waals surface area contributed by atoms with E-state index in [1.165, 1.54) is 6.08 Å². The molecule has 0 aliphatic heterocycles. The topological polar surface area (TPSA) is 63.2 Å².